The average molecular weight is 888 g/mol. The maximum atomic E-state index is 6.56. The molecule has 0 amide bonds. The predicted octanol–water partition coefficient (Wildman–Crippen LogP) is 17.1. The fourth-order valence-electron chi connectivity index (χ4n) is 9.89. The van der Waals surface area contributed by atoms with E-state index in [4.69, 9.17) is 15.7 Å². The van der Waals surface area contributed by atoms with Crippen molar-refractivity contribution in [1.82, 2.24) is 0 Å². The first-order valence-corrected chi connectivity index (χ1v) is 24.0. The van der Waals surface area contributed by atoms with E-state index in [1.54, 1.807) is 0 Å². The summed E-state index contributed by atoms with van der Waals surface area (Å²) in [4.78, 5) is 10.1. The van der Waals surface area contributed by atoms with Crippen molar-refractivity contribution < 1.29 is 0 Å². The van der Waals surface area contributed by atoms with Gasteiger partial charge in [0.15, 0.2) is 5.84 Å². The fraction of sp³-hybridized carbons (Fsp3) is 0.0312. The first-order chi connectivity index (χ1) is 33.5. The van der Waals surface area contributed by atoms with Gasteiger partial charge in [0.2, 0.25) is 0 Å². The molecule has 0 aliphatic rings. The van der Waals surface area contributed by atoms with Crippen LogP contribution in [-0.2, 0) is 0 Å². The highest BCUT2D eigenvalue weighted by atomic mass is 32.1. The minimum Gasteiger partial charge on any atom is -0.383 e. The molecule has 1 aromatic heterocycles. The second-order valence-electron chi connectivity index (χ2n) is 17.5. The van der Waals surface area contributed by atoms with Crippen molar-refractivity contribution in [3.63, 3.8) is 0 Å². The lowest BCUT2D eigenvalue weighted by atomic mass is 9.91. The van der Waals surface area contributed by atoms with E-state index in [9.17, 15) is 0 Å². The summed E-state index contributed by atoms with van der Waals surface area (Å²) in [5, 5.41) is 10.3. The topological polar surface area (TPSA) is 50.7 Å². The van der Waals surface area contributed by atoms with Gasteiger partial charge in [-0.15, -0.1) is 11.3 Å². The number of nitrogens with two attached hydrogens (primary N) is 1. The summed E-state index contributed by atoms with van der Waals surface area (Å²) < 4.78 is 2.53. The van der Waals surface area contributed by atoms with Gasteiger partial charge in [0.05, 0.1) is 6.04 Å². The fourth-order valence-corrected chi connectivity index (χ4v) is 11.1. The molecule has 1 unspecified atom stereocenters. The third-order valence-electron chi connectivity index (χ3n) is 13.3. The first kappa shape index (κ1) is 41.0. The van der Waals surface area contributed by atoms with Gasteiger partial charge < -0.3 is 5.73 Å². The third-order valence-corrected chi connectivity index (χ3v) is 14.4. The normalized spacial score (nSPS) is 12.7. The number of benzene rings is 11. The van der Waals surface area contributed by atoms with E-state index in [0.29, 0.717) is 11.7 Å². The summed E-state index contributed by atoms with van der Waals surface area (Å²) in [6, 6.07) is 84.6. The molecule has 3 nitrogen and oxygen atoms in total. The van der Waals surface area contributed by atoms with Gasteiger partial charge in [-0.25, -0.2) is 4.99 Å². The number of hydrogen-bond donors (Lipinski definition) is 1. The van der Waals surface area contributed by atoms with Crippen LogP contribution in [0.2, 0.25) is 0 Å². The van der Waals surface area contributed by atoms with Crippen LogP contribution in [0.25, 0.3) is 97.0 Å². The lowest BCUT2D eigenvalue weighted by molar-refractivity contribution is 0.820. The van der Waals surface area contributed by atoms with Gasteiger partial charge in [0.1, 0.15) is 5.84 Å². The van der Waals surface area contributed by atoms with Gasteiger partial charge in [-0.2, -0.15) is 0 Å². The molecule has 2 N–H and O–H groups in total. The van der Waals surface area contributed by atoms with Crippen LogP contribution < -0.4 is 5.73 Å². The van der Waals surface area contributed by atoms with E-state index in [1.165, 1.54) is 85.9 Å². The molecule has 0 fully saturated rings. The molecular formula is C64H45N3S. The van der Waals surface area contributed by atoms with Gasteiger partial charge in [0, 0.05) is 31.3 Å². The third kappa shape index (κ3) is 7.61. The van der Waals surface area contributed by atoms with Crippen molar-refractivity contribution >= 4 is 75.5 Å². The van der Waals surface area contributed by atoms with Crippen LogP contribution in [0.15, 0.2) is 247 Å². The molecule has 322 valence electrons. The molecule has 11 aromatic carbocycles. The Labute approximate surface area is 399 Å². The van der Waals surface area contributed by atoms with Gasteiger partial charge in [-0.05, 0) is 120 Å². The van der Waals surface area contributed by atoms with Crippen LogP contribution in [0.5, 0.6) is 0 Å². The number of hydrogen-bond acceptors (Lipinski definition) is 2. The summed E-state index contributed by atoms with van der Waals surface area (Å²) in [7, 11) is 0. The molecule has 0 spiro atoms. The van der Waals surface area contributed by atoms with Gasteiger partial charge in [-0.3, -0.25) is 4.99 Å². The number of amidine groups is 2. The minimum atomic E-state index is -0.187. The molecule has 0 bridgehead atoms. The van der Waals surface area contributed by atoms with Crippen LogP contribution >= 0.6 is 11.3 Å². The SMILES string of the molecule is CC(N=C(N=C(N)c1ccccc1)c1ccccc1)c1ccccc1-c1ccc2c(c1)sc1cc(-c3cccc(-c4cccc(-c5ccc6c7ccccc7c7ccccc7c6c5)c4)c3)ccc12. The second-order valence-corrected chi connectivity index (χ2v) is 18.6. The highest BCUT2D eigenvalue weighted by molar-refractivity contribution is 7.25. The zero-order valence-corrected chi connectivity index (χ0v) is 38.3. The Bertz CT molecular complexity index is 3900. The predicted molar refractivity (Wildman–Crippen MR) is 292 cm³/mol. The highest BCUT2D eigenvalue weighted by Gasteiger charge is 2.17. The maximum Gasteiger partial charge on any atom is 0.157 e. The van der Waals surface area contributed by atoms with Crippen molar-refractivity contribution in [2.75, 3.05) is 0 Å². The Hall–Kier alpha value is -8.44. The van der Waals surface area contributed by atoms with Crippen LogP contribution in [0.4, 0.5) is 0 Å². The van der Waals surface area contributed by atoms with E-state index >= 15 is 0 Å². The van der Waals surface area contributed by atoms with Gasteiger partial charge in [0.25, 0.3) is 0 Å². The summed E-state index contributed by atoms with van der Waals surface area (Å²) in [6.07, 6.45) is 0. The van der Waals surface area contributed by atoms with E-state index in [2.05, 4.69) is 183 Å². The molecule has 0 aliphatic carbocycles. The Morgan fingerprint density at radius 1 is 0.368 bits per heavy atom. The summed E-state index contributed by atoms with van der Waals surface area (Å²) >= 11 is 1.85. The maximum absolute atomic E-state index is 6.56. The van der Waals surface area contributed by atoms with Crippen molar-refractivity contribution in [3.05, 3.63) is 253 Å². The standard InChI is InChI=1S/C64H45N3S/c1-41(66-64(43-18-6-3-7-19-43)67-63(65)42-16-4-2-5-17-42)51-24-8-9-25-52(51)50-32-35-59-58-34-31-49(39-61(58)68-62(59)40-50)47-23-15-21-45(37-47)44-20-14-22-46(36-44)48-30-33-57-55-28-11-10-26-53(55)54-27-12-13-29-56(54)60(57)38-48/h2-41H,1H3,(H2,65,66,67). The van der Waals surface area contributed by atoms with E-state index in [-0.39, 0.29) is 6.04 Å². The molecule has 0 saturated heterocycles. The molecule has 68 heavy (non-hydrogen) atoms. The molecule has 1 heterocycles. The molecule has 0 radical (unpaired) electrons. The van der Waals surface area contributed by atoms with Crippen LogP contribution in [0, 0.1) is 0 Å². The second kappa shape index (κ2) is 17.4. The Kier molecular flexibility index (Phi) is 10.5. The van der Waals surface area contributed by atoms with Crippen LogP contribution in [-0.4, -0.2) is 11.7 Å². The zero-order chi connectivity index (χ0) is 45.6. The molecule has 0 aliphatic heterocycles. The zero-order valence-electron chi connectivity index (χ0n) is 37.5. The Morgan fingerprint density at radius 2 is 0.794 bits per heavy atom. The smallest absolute Gasteiger partial charge is 0.157 e. The summed E-state index contributed by atoms with van der Waals surface area (Å²) in [5.41, 5.74) is 19.0. The van der Waals surface area contributed by atoms with Crippen molar-refractivity contribution in [1.29, 1.82) is 0 Å². The largest absolute Gasteiger partial charge is 0.383 e. The van der Waals surface area contributed by atoms with Crippen molar-refractivity contribution in [2.45, 2.75) is 13.0 Å². The molecule has 1 atom stereocenters. The lowest BCUT2D eigenvalue weighted by Gasteiger charge is -2.15. The Morgan fingerprint density at radius 3 is 1.38 bits per heavy atom. The van der Waals surface area contributed by atoms with Crippen molar-refractivity contribution in [3.8, 4) is 44.5 Å². The lowest BCUT2D eigenvalue weighted by Crippen LogP contribution is -2.16. The van der Waals surface area contributed by atoms with E-state index in [1.807, 2.05) is 72.0 Å². The monoisotopic (exact) mass is 887 g/mol. The molecular weight excluding hydrogens is 843 g/mol. The number of rotatable bonds is 8. The van der Waals surface area contributed by atoms with Crippen LogP contribution in [0.1, 0.15) is 29.7 Å². The molecule has 12 aromatic rings. The number of aliphatic imine (C=N–C) groups is 2. The summed E-state index contributed by atoms with van der Waals surface area (Å²) in [5.74, 6) is 1.04. The summed E-state index contributed by atoms with van der Waals surface area (Å²) in [6.45, 7) is 2.13. The van der Waals surface area contributed by atoms with Crippen molar-refractivity contribution in [2.24, 2.45) is 15.7 Å². The highest BCUT2D eigenvalue weighted by Crippen LogP contribution is 2.41. The van der Waals surface area contributed by atoms with Gasteiger partial charge in [-0.1, -0.05) is 206 Å². The van der Waals surface area contributed by atoms with Gasteiger partial charge >= 0.3 is 0 Å². The number of thiophene rings is 1. The van der Waals surface area contributed by atoms with E-state index in [0.717, 1.165) is 27.8 Å². The Balaban J connectivity index is 0.851. The van der Waals surface area contributed by atoms with E-state index < -0.39 is 0 Å². The molecule has 4 heteroatoms. The quantitative estimate of drug-likeness (QED) is 0.0922. The average Bonchev–Trinajstić information content (AvgIpc) is 3.78. The molecule has 0 saturated carbocycles. The minimum absolute atomic E-state index is 0.187. The first-order valence-electron chi connectivity index (χ1n) is 23.2. The van der Waals surface area contributed by atoms with Crippen LogP contribution in [0.3, 0.4) is 0 Å². The molecule has 12 rings (SSSR count). The number of nitrogens with zero attached hydrogens (tertiary/aromatic N) is 2. The number of fused-ring (bicyclic) bond motifs is 9.